The molecule has 4 heteroatoms. The summed E-state index contributed by atoms with van der Waals surface area (Å²) in [5, 5.41) is 1.65. The van der Waals surface area contributed by atoms with Crippen LogP contribution in [0.1, 0.15) is 21.5 Å². The van der Waals surface area contributed by atoms with Gasteiger partial charge in [0.15, 0.2) is 5.78 Å². The molecule has 0 spiro atoms. The van der Waals surface area contributed by atoms with Crippen molar-refractivity contribution in [2.75, 3.05) is 0 Å². The molecule has 0 bridgehead atoms. The van der Waals surface area contributed by atoms with E-state index in [9.17, 15) is 4.79 Å². The number of rotatable bonds is 3. The zero-order valence-corrected chi connectivity index (χ0v) is 12.5. The molecule has 0 radical (unpaired) electrons. The molecule has 2 aromatic rings. The molecule has 2 aromatic carbocycles. The van der Waals surface area contributed by atoms with Crippen molar-refractivity contribution in [3.8, 4) is 0 Å². The fourth-order valence-electron chi connectivity index (χ4n) is 1.84. The van der Waals surface area contributed by atoms with Crippen molar-refractivity contribution in [2.45, 2.75) is 13.3 Å². The molecule has 0 saturated heterocycles. The van der Waals surface area contributed by atoms with Crippen LogP contribution in [-0.4, -0.2) is 5.78 Å². The predicted octanol–water partition coefficient (Wildman–Crippen LogP) is 5.38. The second-order valence-corrected chi connectivity index (χ2v) is 5.50. The normalized spacial score (nSPS) is 10.5. The number of hydrogen-bond acceptors (Lipinski definition) is 1. The molecule has 19 heavy (non-hydrogen) atoms. The average Bonchev–Trinajstić information content (AvgIpc) is 2.36. The van der Waals surface area contributed by atoms with E-state index in [1.54, 1.807) is 36.4 Å². The Labute approximate surface area is 127 Å². The molecule has 1 nitrogen and oxygen atoms in total. The maximum Gasteiger partial charge on any atom is 0.167 e. The Bertz CT molecular complexity index is 635. The van der Waals surface area contributed by atoms with Crippen LogP contribution in [0.5, 0.6) is 0 Å². The van der Waals surface area contributed by atoms with E-state index in [1.807, 2.05) is 6.92 Å². The fourth-order valence-corrected chi connectivity index (χ4v) is 2.49. The summed E-state index contributed by atoms with van der Waals surface area (Å²) < 4.78 is 0. The van der Waals surface area contributed by atoms with E-state index in [1.165, 1.54) is 0 Å². The Morgan fingerprint density at radius 2 is 1.79 bits per heavy atom. The first kappa shape index (κ1) is 14.4. The summed E-state index contributed by atoms with van der Waals surface area (Å²) in [5.41, 5.74) is 2.17. The Kier molecular flexibility index (Phi) is 4.51. The highest BCUT2D eigenvalue weighted by Gasteiger charge is 2.13. The van der Waals surface area contributed by atoms with Gasteiger partial charge in [-0.05, 0) is 36.2 Å². The van der Waals surface area contributed by atoms with Crippen molar-refractivity contribution in [2.24, 2.45) is 0 Å². The van der Waals surface area contributed by atoms with E-state index in [-0.39, 0.29) is 12.2 Å². The van der Waals surface area contributed by atoms with E-state index in [0.717, 1.165) is 11.1 Å². The molecule has 0 aliphatic rings. The summed E-state index contributed by atoms with van der Waals surface area (Å²) in [6.45, 7) is 1.83. The second kappa shape index (κ2) is 5.96. The van der Waals surface area contributed by atoms with E-state index in [0.29, 0.717) is 20.6 Å². The number of carbonyl (C=O) groups excluding carboxylic acids is 1. The van der Waals surface area contributed by atoms with Gasteiger partial charge in [-0.2, -0.15) is 0 Å². The van der Waals surface area contributed by atoms with Crippen LogP contribution in [0.2, 0.25) is 15.1 Å². The third-order valence-corrected chi connectivity index (χ3v) is 3.93. The molecular weight excluding hydrogens is 303 g/mol. The minimum Gasteiger partial charge on any atom is -0.294 e. The van der Waals surface area contributed by atoms with Crippen molar-refractivity contribution in [3.63, 3.8) is 0 Å². The average molecular weight is 314 g/mol. The molecule has 0 aromatic heterocycles. The molecule has 98 valence electrons. The van der Waals surface area contributed by atoms with Gasteiger partial charge >= 0.3 is 0 Å². The molecule has 0 heterocycles. The van der Waals surface area contributed by atoms with E-state index >= 15 is 0 Å². The first-order chi connectivity index (χ1) is 8.99. The van der Waals surface area contributed by atoms with Crippen LogP contribution < -0.4 is 0 Å². The summed E-state index contributed by atoms with van der Waals surface area (Å²) in [5.74, 6) is -0.00998. The van der Waals surface area contributed by atoms with Crippen molar-refractivity contribution in [3.05, 3.63) is 68.2 Å². The predicted molar refractivity (Wildman–Crippen MR) is 80.7 cm³/mol. The van der Waals surface area contributed by atoms with Crippen LogP contribution in [-0.2, 0) is 6.42 Å². The highest BCUT2D eigenvalue weighted by molar-refractivity contribution is 6.35. The van der Waals surface area contributed by atoms with Crippen molar-refractivity contribution in [1.29, 1.82) is 0 Å². The Balaban J connectivity index is 2.28. The van der Waals surface area contributed by atoms with Crippen LogP contribution in [0.25, 0.3) is 0 Å². The second-order valence-electron chi connectivity index (χ2n) is 4.25. The number of Topliss-reactive ketones (excluding diaryl/α,β-unsaturated/α-hetero) is 1. The molecule has 0 N–H and O–H groups in total. The van der Waals surface area contributed by atoms with Crippen molar-refractivity contribution >= 4 is 40.6 Å². The molecule has 0 atom stereocenters. The SMILES string of the molecule is Cc1c(Cl)cccc1C(=O)Cc1ccc(Cl)cc1Cl. The fraction of sp³-hybridized carbons (Fsp3) is 0.133. The van der Waals surface area contributed by atoms with Gasteiger partial charge in [-0.1, -0.05) is 53.0 Å². The van der Waals surface area contributed by atoms with Gasteiger partial charge in [0.1, 0.15) is 0 Å². The minimum absolute atomic E-state index is 0.00998. The maximum absolute atomic E-state index is 12.3. The summed E-state index contributed by atoms with van der Waals surface area (Å²) >= 11 is 17.9. The minimum atomic E-state index is -0.00998. The number of benzene rings is 2. The lowest BCUT2D eigenvalue weighted by atomic mass is 9.99. The number of hydrogen-bond donors (Lipinski definition) is 0. The molecular formula is C15H11Cl3O. The number of ketones is 1. The van der Waals surface area contributed by atoms with Crippen LogP contribution >= 0.6 is 34.8 Å². The van der Waals surface area contributed by atoms with E-state index in [2.05, 4.69) is 0 Å². The zero-order valence-electron chi connectivity index (χ0n) is 10.2. The summed E-state index contributed by atoms with van der Waals surface area (Å²) in [7, 11) is 0. The van der Waals surface area contributed by atoms with Gasteiger partial charge in [0.25, 0.3) is 0 Å². The lowest BCUT2D eigenvalue weighted by Crippen LogP contribution is -2.06. The van der Waals surface area contributed by atoms with Gasteiger partial charge in [0.2, 0.25) is 0 Å². The first-order valence-electron chi connectivity index (χ1n) is 5.71. The molecule has 0 fully saturated rings. The van der Waals surface area contributed by atoms with Gasteiger partial charge in [-0.3, -0.25) is 4.79 Å². The highest BCUT2D eigenvalue weighted by Crippen LogP contribution is 2.24. The lowest BCUT2D eigenvalue weighted by molar-refractivity contribution is 0.0992. The van der Waals surface area contributed by atoms with Crippen LogP contribution in [0.4, 0.5) is 0 Å². The van der Waals surface area contributed by atoms with Gasteiger partial charge < -0.3 is 0 Å². The summed E-state index contributed by atoms with van der Waals surface area (Å²) in [6, 6.07) is 10.4. The first-order valence-corrected chi connectivity index (χ1v) is 6.84. The van der Waals surface area contributed by atoms with Gasteiger partial charge in [0, 0.05) is 27.1 Å². The third-order valence-electron chi connectivity index (χ3n) is 2.93. The molecule has 0 aliphatic heterocycles. The smallest absolute Gasteiger partial charge is 0.167 e. The zero-order chi connectivity index (χ0) is 14.0. The van der Waals surface area contributed by atoms with Gasteiger partial charge in [-0.25, -0.2) is 0 Å². The molecule has 2 rings (SSSR count). The van der Waals surface area contributed by atoms with E-state index in [4.69, 9.17) is 34.8 Å². The number of halogens is 3. The molecule has 0 amide bonds. The Morgan fingerprint density at radius 3 is 2.47 bits per heavy atom. The number of carbonyl (C=O) groups is 1. The van der Waals surface area contributed by atoms with Gasteiger partial charge in [0.05, 0.1) is 0 Å². The Hall–Kier alpha value is -1.02. The topological polar surface area (TPSA) is 17.1 Å². The molecule has 0 saturated carbocycles. The lowest BCUT2D eigenvalue weighted by Gasteiger charge is -2.08. The van der Waals surface area contributed by atoms with Crippen LogP contribution in [0.15, 0.2) is 36.4 Å². The summed E-state index contributed by atoms with van der Waals surface area (Å²) in [6.07, 6.45) is 0.233. The van der Waals surface area contributed by atoms with E-state index < -0.39 is 0 Å². The molecule has 0 aliphatic carbocycles. The Morgan fingerprint density at radius 1 is 1.05 bits per heavy atom. The van der Waals surface area contributed by atoms with Crippen LogP contribution in [0.3, 0.4) is 0 Å². The maximum atomic E-state index is 12.3. The molecule has 0 unspecified atom stereocenters. The summed E-state index contributed by atoms with van der Waals surface area (Å²) in [4.78, 5) is 12.3. The quantitative estimate of drug-likeness (QED) is 0.695. The van der Waals surface area contributed by atoms with Crippen LogP contribution in [0, 0.1) is 6.92 Å². The largest absolute Gasteiger partial charge is 0.294 e. The monoisotopic (exact) mass is 312 g/mol. The third kappa shape index (κ3) is 3.30. The van der Waals surface area contributed by atoms with Gasteiger partial charge in [-0.15, -0.1) is 0 Å². The van der Waals surface area contributed by atoms with Crippen molar-refractivity contribution in [1.82, 2.24) is 0 Å². The highest BCUT2D eigenvalue weighted by atomic mass is 35.5. The standard InChI is InChI=1S/C15H11Cl3O/c1-9-12(3-2-4-13(9)17)15(19)7-10-5-6-11(16)8-14(10)18/h2-6,8H,7H2,1H3. The van der Waals surface area contributed by atoms with Crippen molar-refractivity contribution < 1.29 is 4.79 Å².